The number of nitrogens with zero attached hydrogens (tertiary/aromatic N) is 1. The normalized spacial score (nSPS) is 13.8. The van der Waals surface area contributed by atoms with Gasteiger partial charge in [-0.05, 0) is 29.5 Å². The van der Waals surface area contributed by atoms with Crippen LogP contribution in [0.3, 0.4) is 0 Å². The molecular formula is C16H19ClN2O3. The van der Waals surface area contributed by atoms with Crippen LogP contribution in [0.4, 0.5) is 0 Å². The molecule has 0 saturated heterocycles. The number of benzene rings is 1. The van der Waals surface area contributed by atoms with E-state index < -0.39 is 12.0 Å². The van der Waals surface area contributed by atoms with Crippen molar-refractivity contribution < 1.29 is 14.7 Å². The molecule has 1 heterocycles. The average molecular weight is 323 g/mol. The van der Waals surface area contributed by atoms with Crippen LogP contribution in [0.2, 0.25) is 5.02 Å². The van der Waals surface area contributed by atoms with Gasteiger partial charge in [-0.15, -0.1) is 0 Å². The predicted octanol–water partition coefficient (Wildman–Crippen LogP) is 2.91. The van der Waals surface area contributed by atoms with Gasteiger partial charge in [-0.1, -0.05) is 37.9 Å². The molecule has 22 heavy (non-hydrogen) atoms. The summed E-state index contributed by atoms with van der Waals surface area (Å²) in [6.07, 6.45) is 2.47. The molecule has 2 rings (SSSR count). The zero-order chi connectivity index (χ0) is 16.3. The lowest BCUT2D eigenvalue weighted by atomic mass is 9.99. The van der Waals surface area contributed by atoms with Crippen molar-refractivity contribution in [1.82, 2.24) is 9.88 Å². The smallest absolute Gasteiger partial charge is 0.326 e. The van der Waals surface area contributed by atoms with Gasteiger partial charge in [-0.3, -0.25) is 4.79 Å². The number of rotatable bonds is 6. The molecule has 118 valence electrons. The molecular weight excluding hydrogens is 304 g/mol. The van der Waals surface area contributed by atoms with Crippen molar-refractivity contribution in [3.05, 3.63) is 35.5 Å². The van der Waals surface area contributed by atoms with E-state index in [4.69, 9.17) is 11.6 Å². The van der Waals surface area contributed by atoms with Gasteiger partial charge in [0.1, 0.15) is 12.6 Å². The molecule has 0 aliphatic carbocycles. The lowest BCUT2D eigenvalue weighted by molar-refractivity contribution is -0.143. The van der Waals surface area contributed by atoms with Crippen LogP contribution in [0.25, 0.3) is 10.9 Å². The first-order valence-electron chi connectivity index (χ1n) is 7.19. The Labute approximate surface area is 133 Å². The fraction of sp³-hybridized carbons (Fsp3) is 0.375. The minimum absolute atomic E-state index is 0.0596. The largest absolute Gasteiger partial charge is 0.480 e. The number of nitrogens with one attached hydrogen (secondary N) is 1. The minimum Gasteiger partial charge on any atom is -0.480 e. The van der Waals surface area contributed by atoms with Crippen molar-refractivity contribution >= 4 is 34.4 Å². The van der Waals surface area contributed by atoms with Gasteiger partial charge in [0, 0.05) is 16.7 Å². The first kappa shape index (κ1) is 16.4. The number of halogens is 1. The Morgan fingerprint density at radius 3 is 2.73 bits per heavy atom. The Hall–Kier alpha value is -2.01. The third-order valence-electron chi connectivity index (χ3n) is 3.85. The van der Waals surface area contributed by atoms with Crippen LogP contribution in [0, 0.1) is 5.92 Å². The molecule has 0 fully saturated rings. The number of carboxylic acids is 1. The van der Waals surface area contributed by atoms with Gasteiger partial charge >= 0.3 is 5.97 Å². The summed E-state index contributed by atoms with van der Waals surface area (Å²) in [6, 6.07) is 6.47. The van der Waals surface area contributed by atoms with E-state index in [1.165, 1.54) is 0 Å². The lowest BCUT2D eigenvalue weighted by Gasteiger charge is -2.20. The Bertz CT molecular complexity index is 696. The van der Waals surface area contributed by atoms with E-state index in [9.17, 15) is 14.7 Å². The van der Waals surface area contributed by atoms with Crippen LogP contribution in [-0.4, -0.2) is 27.6 Å². The monoisotopic (exact) mass is 322 g/mol. The summed E-state index contributed by atoms with van der Waals surface area (Å²) in [5.41, 5.74) is 0.845. The van der Waals surface area contributed by atoms with Crippen molar-refractivity contribution in [2.75, 3.05) is 0 Å². The van der Waals surface area contributed by atoms with E-state index in [1.807, 2.05) is 26.0 Å². The molecule has 1 aromatic carbocycles. The summed E-state index contributed by atoms with van der Waals surface area (Å²) < 4.78 is 1.76. The molecule has 1 aromatic heterocycles. The van der Waals surface area contributed by atoms with Crippen LogP contribution < -0.4 is 5.32 Å². The topological polar surface area (TPSA) is 71.3 Å². The summed E-state index contributed by atoms with van der Waals surface area (Å²) in [6.45, 7) is 3.77. The van der Waals surface area contributed by atoms with Crippen LogP contribution in [-0.2, 0) is 16.1 Å². The second-order valence-corrected chi connectivity index (χ2v) is 5.85. The lowest BCUT2D eigenvalue weighted by Crippen LogP contribution is -2.46. The quantitative estimate of drug-likeness (QED) is 0.859. The van der Waals surface area contributed by atoms with Crippen LogP contribution >= 0.6 is 11.6 Å². The molecule has 0 aliphatic rings. The molecule has 0 spiro atoms. The highest BCUT2D eigenvalue weighted by atomic mass is 35.5. The first-order valence-corrected chi connectivity index (χ1v) is 7.56. The Balaban J connectivity index is 2.13. The summed E-state index contributed by atoms with van der Waals surface area (Å²) >= 11 is 5.98. The SMILES string of the molecule is CCC(C)C(NC(=O)Cn1ccc2ccc(Cl)cc21)C(=O)O. The number of carbonyl (C=O) groups is 2. The van der Waals surface area contributed by atoms with Crippen molar-refractivity contribution in [3.8, 4) is 0 Å². The third kappa shape index (κ3) is 3.60. The molecule has 6 heteroatoms. The number of carbonyl (C=O) groups excluding carboxylic acids is 1. The summed E-state index contributed by atoms with van der Waals surface area (Å²) in [4.78, 5) is 23.4. The number of aliphatic carboxylic acids is 1. The highest BCUT2D eigenvalue weighted by molar-refractivity contribution is 6.31. The van der Waals surface area contributed by atoms with Gasteiger partial charge in [-0.2, -0.15) is 0 Å². The molecule has 2 unspecified atom stereocenters. The maximum absolute atomic E-state index is 12.1. The summed E-state index contributed by atoms with van der Waals surface area (Å²) in [7, 11) is 0. The van der Waals surface area contributed by atoms with E-state index in [-0.39, 0.29) is 18.4 Å². The van der Waals surface area contributed by atoms with E-state index in [1.54, 1.807) is 22.9 Å². The molecule has 2 N–H and O–H groups in total. The second kappa shape index (κ2) is 6.83. The molecule has 0 bridgehead atoms. The molecule has 0 aliphatic heterocycles. The van der Waals surface area contributed by atoms with E-state index in [0.717, 1.165) is 10.9 Å². The third-order valence-corrected chi connectivity index (χ3v) is 4.08. The number of aromatic nitrogens is 1. The fourth-order valence-corrected chi connectivity index (χ4v) is 2.52. The molecule has 1 amide bonds. The maximum atomic E-state index is 12.1. The summed E-state index contributed by atoms with van der Waals surface area (Å²) in [5.74, 6) is -1.47. The van der Waals surface area contributed by atoms with Crippen molar-refractivity contribution in [2.24, 2.45) is 5.92 Å². The Morgan fingerprint density at radius 2 is 2.09 bits per heavy atom. The fourth-order valence-electron chi connectivity index (χ4n) is 2.35. The number of hydrogen-bond donors (Lipinski definition) is 2. The highest BCUT2D eigenvalue weighted by Crippen LogP contribution is 2.20. The van der Waals surface area contributed by atoms with Gasteiger partial charge in [0.25, 0.3) is 0 Å². The maximum Gasteiger partial charge on any atom is 0.326 e. The van der Waals surface area contributed by atoms with Gasteiger partial charge in [-0.25, -0.2) is 4.79 Å². The molecule has 5 nitrogen and oxygen atoms in total. The average Bonchev–Trinajstić information content (AvgIpc) is 2.86. The molecule has 2 atom stereocenters. The van der Waals surface area contributed by atoms with Gasteiger partial charge in [0.15, 0.2) is 0 Å². The molecule has 0 saturated carbocycles. The van der Waals surface area contributed by atoms with Gasteiger partial charge in [0.05, 0.1) is 0 Å². The first-order chi connectivity index (χ1) is 10.4. The van der Waals surface area contributed by atoms with Crippen molar-refractivity contribution in [3.63, 3.8) is 0 Å². The van der Waals surface area contributed by atoms with E-state index >= 15 is 0 Å². The van der Waals surface area contributed by atoms with Crippen LogP contribution in [0.15, 0.2) is 30.5 Å². The predicted molar refractivity (Wildman–Crippen MR) is 86.0 cm³/mol. The Morgan fingerprint density at radius 1 is 1.36 bits per heavy atom. The zero-order valence-electron chi connectivity index (χ0n) is 12.5. The van der Waals surface area contributed by atoms with Crippen LogP contribution in [0.5, 0.6) is 0 Å². The molecule has 2 aromatic rings. The zero-order valence-corrected chi connectivity index (χ0v) is 13.3. The van der Waals surface area contributed by atoms with E-state index in [0.29, 0.717) is 11.4 Å². The standard InChI is InChI=1S/C16H19ClN2O3/c1-3-10(2)15(16(21)22)18-14(20)9-19-7-6-11-4-5-12(17)8-13(11)19/h4-8,10,15H,3,9H2,1-2H3,(H,18,20)(H,21,22). The number of fused-ring (bicyclic) bond motifs is 1. The number of carboxylic acid groups (broad SMARTS) is 1. The summed E-state index contributed by atoms with van der Waals surface area (Å²) in [5, 5.41) is 13.4. The van der Waals surface area contributed by atoms with Gasteiger partial charge < -0.3 is 15.0 Å². The second-order valence-electron chi connectivity index (χ2n) is 5.42. The van der Waals surface area contributed by atoms with Crippen molar-refractivity contribution in [1.29, 1.82) is 0 Å². The van der Waals surface area contributed by atoms with E-state index in [2.05, 4.69) is 5.32 Å². The Kier molecular flexibility index (Phi) is 5.08. The van der Waals surface area contributed by atoms with Crippen LogP contribution in [0.1, 0.15) is 20.3 Å². The number of amides is 1. The van der Waals surface area contributed by atoms with Gasteiger partial charge in [0.2, 0.25) is 5.91 Å². The van der Waals surface area contributed by atoms with Crippen molar-refractivity contribution in [2.45, 2.75) is 32.9 Å². The minimum atomic E-state index is -1.01. The highest BCUT2D eigenvalue weighted by Gasteiger charge is 2.25. The number of hydrogen-bond acceptors (Lipinski definition) is 2. The molecule has 0 radical (unpaired) electrons.